The van der Waals surface area contributed by atoms with Gasteiger partial charge in [-0.25, -0.2) is 0 Å². The molecule has 1 aliphatic heterocycles. The number of anilines is 2. The van der Waals surface area contributed by atoms with E-state index in [1.54, 1.807) is 6.07 Å². The number of halogens is 2. The number of benzene rings is 2. The number of nitrogen functional groups attached to an aromatic ring is 1. The molecule has 3 N–H and O–H groups in total. The predicted octanol–water partition coefficient (Wildman–Crippen LogP) is 2.87. The third-order valence-electron chi connectivity index (χ3n) is 4.32. The Bertz CT molecular complexity index is 676. The van der Waals surface area contributed by atoms with E-state index in [1.165, 1.54) is 5.56 Å². The first-order valence-electron chi connectivity index (χ1n) is 8.34. The molecule has 0 radical (unpaired) electrons. The van der Waals surface area contributed by atoms with Crippen molar-refractivity contribution in [1.82, 2.24) is 9.80 Å². The van der Waals surface area contributed by atoms with Crippen LogP contribution in [0.15, 0.2) is 54.6 Å². The molecule has 0 saturated carbocycles. The van der Waals surface area contributed by atoms with Crippen molar-refractivity contribution in [3.8, 4) is 0 Å². The van der Waals surface area contributed by atoms with Gasteiger partial charge in [0.05, 0.1) is 17.9 Å². The number of hydrogen-bond acceptors (Lipinski definition) is 4. The Morgan fingerprint density at radius 1 is 0.885 bits per heavy atom. The summed E-state index contributed by atoms with van der Waals surface area (Å²) in [5.41, 5.74) is 8.48. The average Bonchev–Trinajstić information content (AvgIpc) is 2.60. The number of para-hydroxylation sites is 2. The molecule has 1 saturated heterocycles. The van der Waals surface area contributed by atoms with E-state index in [2.05, 4.69) is 39.4 Å². The van der Waals surface area contributed by atoms with E-state index in [1.807, 2.05) is 24.3 Å². The second kappa shape index (κ2) is 11.0. The van der Waals surface area contributed by atoms with Gasteiger partial charge in [-0.15, -0.1) is 24.8 Å². The fraction of sp³-hybridized carbons (Fsp3) is 0.316. The van der Waals surface area contributed by atoms with Crippen LogP contribution >= 0.6 is 24.8 Å². The van der Waals surface area contributed by atoms with Crippen molar-refractivity contribution in [3.63, 3.8) is 0 Å². The number of amides is 1. The maximum absolute atomic E-state index is 12.2. The van der Waals surface area contributed by atoms with Crippen LogP contribution in [0.25, 0.3) is 0 Å². The van der Waals surface area contributed by atoms with E-state index in [0.717, 1.165) is 32.7 Å². The van der Waals surface area contributed by atoms with Crippen LogP contribution in [-0.2, 0) is 11.3 Å². The summed E-state index contributed by atoms with van der Waals surface area (Å²) in [4.78, 5) is 16.8. The van der Waals surface area contributed by atoms with Crippen LogP contribution in [0.5, 0.6) is 0 Å². The molecule has 5 nitrogen and oxygen atoms in total. The maximum Gasteiger partial charge on any atom is 0.238 e. The van der Waals surface area contributed by atoms with Crippen LogP contribution < -0.4 is 11.1 Å². The topological polar surface area (TPSA) is 61.6 Å². The van der Waals surface area contributed by atoms with Crippen molar-refractivity contribution in [2.75, 3.05) is 43.8 Å². The Labute approximate surface area is 167 Å². The summed E-state index contributed by atoms with van der Waals surface area (Å²) >= 11 is 0. The highest BCUT2D eigenvalue weighted by atomic mass is 35.5. The zero-order chi connectivity index (χ0) is 16.8. The standard InChI is InChI=1S/C19H24N4O.2ClH/c20-17-8-4-5-9-18(17)21-19(24)15-23-12-10-22(11-13-23)14-16-6-2-1-3-7-16;;/h1-9H,10-15,20H2,(H,21,24);2*1H. The second-order valence-electron chi connectivity index (χ2n) is 6.17. The van der Waals surface area contributed by atoms with E-state index < -0.39 is 0 Å². The van der Waals surface area contributed by atoms with Gasteiger partial charge in [-0.3, -0.25) is 14.6 Å². The van der Waals surface area contributed by atoms with E-state index in [0.29, 0.717) is 17.9 Å². The molecule has 1 amide bonds. The monoisotopic (exact) mass is 396 g/mol. The number of nitrogens with two attached hydrogens (primary N) is 1. The molecule has 142 valence electrons. The molecule has 0 aliphatic carbocycles. The molecule has 2 aromatic carbocycles. The Morgan fingerprint density at radius 2 is 1.46 bits per heavy atom. The number of nitrogens with zero attached hydrogens (tertiary/aromatic N) is 2. The summed E-state index contributed by atoms with van der Waals surface area (Å²) in [5.74, 6) is -0.00981. The van der Waals surface area contributed by atoms with Gasteiger partial charge in [0.15, 0.2) is 0 Å². The molecule has 0 atom stereocenters. The van der Waals surface area contributed by atoms with Gasteiger partial charge in [0.25, 0.3) is 0 Å². The minimum atomic E-state index is -0.00981. The van der Waals surface area contributed by atoms with Crippen LogP contribution in [0.2, 0.25) is 0 Å². The number of piperazine rings is 1. The van der Waals surface area contributed by atoms with Crippen molar-refractivity contribution in [3.05, 3.63) is 60.2 Å². The first-order valence-corrected chi connectivity index (χ1v) is 8.34. The number of carbonyl (C=O) groups is 1. The van der Waals surface area contributed by atoms with Crippen LogP contribution in [0, 0.1) is 0 Å². The maximum atomic E-state index is 12.2. The molecular weight excluding hydrogens is 371 g/mol. The zero-order valence-corrected chi connectivity index (χ0v) is 16.3. The van der Waals surface area contributed by atoms with E-state index >= 15 is 0 Å². The minimum Gasteiger partial charge on any atom is -0.397 e. The smallest absolute Gasteiger partial charge is 0.238 e. The van der Waals surface area contributed by atoms with Crippen LogP contribution in [0.3, 0.4) is 0 Å². The summed E-state index contributed by atoms with van der Waals surface area (Å²) in [6, 6.07) is 17.8. The first kappa shape index (κ1) is 22.3. The van der Waals surface area contributed by atoms with E-state index in [9.17, 15) is 4.79 Å². The minimum absolute atomic E-state index is 0. The summed E-state index contributed by atoms with van der Waals surface area (Å²) in [6.45, 7) is 5.16. The van der Waals surface area contributed by atoms with Crippen LogP contribution in [0.4, 0.5) is 11.4 Å². The number of carbonyl (C=O) groups excluding carboxylic acids is 1. The van der Waals surface area contributed by atoms with Gasteiger partial charge in [0, 0.05) is 32.7 Å². The predicted molar refractivity (Wildman–Crippen MR) is 112 cm³/mol. The molecule has 26 heavy (non-hydrogen) atoms. The zero-order valence-electron chi connectivity index (χ0n) is 14.6. The van der Waals surface area contributed by atoms with Gasteiger partial charge in [-0.05, 0) is 17.7 Å². The number of hydrogen-bond donors (Lipinski definition) is 2. The fourth-order valence-electron chi connectivity index (χ4n) is 2.95. The molecule has 0 spiro atoms. The molecule has 1 fully saturated rings. The molecular formula is C19H26Cl2N4O. The lowest BCUT2D eigenvalue weighted by Crippen LogP contribution is -2.48. The number of nitrogens with one attached hydrogen (secondary N) is 1. The lowest BCUT2D eigenvalue weighted by molar-refractivity contribution is -0.117. The Hall–Kier alpha value is -1.79. The summed E-state index contributed by atoms with van der Waals surface area (Å²) in [6.07, 6.45) is 0. The SMILES string of the molecule is Cl.Cl.Nc1ccccc1NC(=O)CN1CCN(Cc2ccccc2)CC1. The molecule has 1 aliphatic rings. The van der Waals surface area contributed by atoms with Gasteiger partial charge in [0.2, 0.25) is 5.91 Å². The molecule has 7 heteroatoms. The second-order valence-corrected chi connectivity index (χ2v) is 6.17. The van der Waals surface area contributed by atoms with Crippen LogP contribution in [0.1, 0.15) is 5.56 Å². The summed E-state index contributed by atoms with van der Waals surface area (Å²) in [7, 11) is 0. The third kappa shape index (κ3) is 6.50. The van der Waals surface area contributed by atoms with Gasteiger partial charge in [-0.1, -0.05) is 42.5 Å². The highest BCUT2D eigenvalue weighted by Crippen LogP contribution is 2.16. The van der Waals surface area contributed by atoms with Crippen molar-refractivity contribution >= 4 is 42.1 Å². The molecule has 2 aromatic rings. The summed E-state index contributed by atoms with van der Waals surface area (Å²) in [5, 5.41) is 2.89. The average molecular weight is 397 g/mol. The van der Waals surface area contributed by atoms with Gasteiger partial charge >= 0.3 is 0 Å². The largest absolute Gasteiger partial charge is 0.397 e. The first-order chi connectivity index (χ1) is 11.7. The Balaban J connectivity index is 0.00000169. The molecule has 3 rings (SSSR count). The van der Waals surface area contributed by atoms with E-state index in [-0.39, 0.29) is 30.7 Å². The Kier molecular flexibility index (Phi) is 9.44. The van der Waals surface area contributed by atoms with Crippen LogP contribution in [-0.4, -0.2) is 48.4 Å². The molecule has 0 unspecified atom stereocenters. The summed E-state index contributed by atoms with van der Waals surface area (Å²) < 4.78 is 0. The van der Waals surface area contributed by atoms with Crippen molar-refractivity contribution in [2.45, 2.75) is 6.54 Å². The van der Waals surface area contributed by atoms with E-state index in [4.69, 9.17) is 5.73 Å². The number of rotatable bonds is 5. The normalized spacial score (nSPS) is 14.8. The Morgan fingerprint density at radius 3 is 2.12 bits per heavy atom. The lowest BCUT2D eigenvalue weighted by Gasteiger charge is -2.34. The molecule has 0 aromatic heterocycles. The highest BCUT2D eigenvalue weighted by molar-refractivity contribution is 5.95. The highest BCUT2D eigenvalue weighted by Gasteiger charge is 2.19. The van der Waals surface area contributed by atoms with Gasteiger partial charge < -0.3 is 11.1 Å². The molecule has 1 heterocycles. The van der Waals surface area contributed by atoms with Crippen molar-refractivity contribution in [1.29, 1.82) is 0 Å². The quantitative estimate of drug-likeness (QED) is 0.762. The van der Waals surface area contributed by atoms with Crippen molar-refractivity contribution < 1.29 is 4.79 Å². The van der Waals surface area contributed by atoms with Gasteiger partial charge in [0.1, 0.15) is 0 Å². The third-order valence-corrected chi connectivity index (χ3v) is 4.32. The van der Waals surface area contributed by atoms with Crippen molar-refractivity contribution in [2.24, 2.45) is 0 Å². The lowest BCUT2D eigenvalue weighted by atomic mass is 10.2. The molecule has 0 bridgehead atoms. The van der Waals surface area contributed by atoms with Gasteiger partial charge in [-0.2, -0.15) is 0 Å². The fourth-order valence-corrected chi connectivity index (χ4v) is 2.95.